The zero-order valence-electron chi connectivity index (χ0n) is 15.1. The molecule has 0 aliphatic carbocycles. The number of halogens is 1. The lowest BCUT2D eigenvalue weighted by atomic mass is 9.90. The Labute approximate surface area is 148 Å². The summed E-state index contributed by atoms with van der Waals surface area (Å²) in [5, 5.41) is 1.23. The molecule has 1 aromatic heterocycles. The van der Waals surface area contributed by atoms with Crippen LogP contribution in [0.15, 0.2) is 42.5 Å². The van der Waals surface area contributed by atoms with Gasteiger partial charge >= 0.3 is 0 Å². The van der Waals surface area contributed by atoms with E-state index in [1.165, 1.54) is 28.2 Å². The number of fused-ring (bicyclic) bond motifs is 1. The van der Waals surface area contributed by atoms with Crippen LogP contribution >= 0.6 is 0 Å². The van der Waals surface area contributed by atoms with Crippen molar-refractivity contribution in [1.82, 2.24) is 4.57 Å². The number of aryl methyl sites for hydroxylation is 1. The molecule has 0 radical (unpaired) electrons. The normalized spacial score (nSPS) is 12.5. The highest BCUT2D eigenvalue weighted by Crippen LogP contribution is 2.34. The molecule has 132 valence electrons. The molecule has 1 heterocycles. The Morgan fingerprint density at radius 2 is 1.96 bits per heavy atom. The molecule has 4 heteroatoms. The summed E-state index contributed by atoms with van der Waals surface area (Å²) >= 11 is 0. The predicted molar refractivity (Wildman–Crippen MR) is 101 cm³/mol. The number of nitrogens with zero attached hydrogens (tertiary/aromatic N) is 1. The van der Waals surface area contributed by atoms with Crippen molar-refractivity contribution >= 4 is 10.9 Å². The predicted octanol–water partition coefficient (Wildman–Crippen LogP) is 4.31. The topological polar surface area (TPSA) is 40.2 Å². The van der Waals surface area contributed by atoms with E-state index < -0.39 is 0 Å². The molecule has 0 aliphatic heterocycles. The van der Waals surface area contributed by atoms with Crippen LogP contribution in [0.4, 0.5) is 4.39 Å². The molecule has 0 fully saturated rings. The Hall–Kier alpha value is -2.33. The Morgan fingerprint density at radius 1 is 1.20 bits per heavy atom. The van der Waals surface area contributed by atoms with Gasteiger partial charge in [0.05, 0.1) is 6.61 Å². The molecule has 1 atom stereocenters. The Bertz CT molecular complexity index is 885. The van der Waals surface area contributed by atoms with E-state index in [2.05, 4.69) is 36.7 Å². The van der Waals surface area contributed by atoms with Gasteiger partial charge in [-0.2, -0.15) is 0 Å². The summed E-state index contributed by atoms with van der Waals surface area (Å²) in [4.78, 5) is 0. The maximum absolute atomic E-state index is 13.9. The second-order valence-electron chi connectivity index (χ2n) is 6.39. The van der Waals surface area contributed by atoms with Gasteiger partial charge in [-0.15, -0.1) is 0 Å². The third kappa shape index (κ3) is 3.27. The summed E-state index contributed by atoms with van der Waals surface area (Å²) in [5.74, 6) is 0.463. The monoisotopic (exact) mass is 340 g/mol. The smallest absolute Gasteiger partial charge is 0.123 e. The van der Waals surface area contributed by atoms with Crippen molar-refractivity contribution in [3.05, 3.63) is 65.1 Å². The van der Waals surface area contributed by atoms with Crippen molar-refractivity contribution in [1.29, 1.82) is 0 Å². The van der Waals surface area contributed by atoms with Crippen LogP contribution in [-0.4, -0.2) is 17.7 Å². The summed E-state index contributed by atoms with van der Waals surface area (Å²) in [6.45, 7) is 5.03. The molecular weight excluding hydrogens is 315 g/mol. The van der Waals surface area contributed by atoms with Crippen LogP contribution in [0.5, 0.6) is 5.75 Å². The van der Waals surface area contributed by atoms with E-state index in [0.29, 0.717) is 13.2 Å². The van der Waals surface area contributed by atoms with E-state index in [9.17, 15) is 4.39 Å². The van der Waals surface area contributed by atoms with Crippen molar-refractivity contribution in [2.75, 3.05) is 13.2 Å². The van der Waals surface area contributed by atoms with Crippen LogP contribution in [0, 0.1) is 12.7 Å². The fourth-order valence-corrected chi connectivity index (χ4v) is 3.55. The van der Waals surface area contributed by atoms with Gasteiger partial charge < -0.3 is 15.0 Å². The molecule has 3 aromatic rings. The van der Waals surface area contributed by atoms with Gasteiger partial charge in [0.25, 0.3) is 0 Å². The van der Waals surface area contributed by atoms with Gasteiger partial charge in [0.15, 0.2) is 0 Å². The summed E-state index contributed by atoms with van der Waals surface area (Å²) in [7, 11) is 2.08. The van der Waals surface area contributed by atoms with E-state index in [-0.39, 0.29) is 11.7 Å². The fraction of sp³-hybridized carbons (Fsp3) is 0.333. The molecule has 0 amide bonds. The summed E-state index contributed by atoms with van der Waals surface area (Å²) in [6.07, 6.45) is 0.757. The van der Waals surface area contributed by atoms with Crippen LogP contribution in [0.1, 0.15) is 29.7 Å². The second kappa shape index (κ2) is 7.28. The molecule has 25 heavy (non-hydrogen) atoms. The minimum Gasteiger partial charge on any atom is -0.494 e. The Morgan fingerprint density at radius 3 is 2.68 bits per heavy atom. The highest BCUT2D eigenvalue weighted by Gasteiger charge is 2.20. The molecule has 3 nitrogen and oxygen atoms in total. The van der Waals surface area contributed by atoms with Gasteiger partial charge in [-0.25, -0.2) is 4.39 Å². The van der Waals surface area contributed by atoms with Crippen LogP contribution < -0.4 is 10.5 Å². The molecule has 0 aliphatic rings. The van der Waals surface area contributed by atoms with E-state index in [4.69, 9.17) is 10.5 Å². The maximum atomic E-state index is 13.9. The molecular formula is C21H25FN2O. The van der Waals surface area contributed by atoms with Crippen LogP contribution in [0.25, 0.3) is 10.9 Å². The van der Waals surface area contributed by atoms with Gasteiger partial charge in [-0.3, -0.25) is 0 Å². The molecule has 0 spiro atoms. The molecule has 3 rings (SSSR count). The SMILES string of the molecule is CCOc1ccc(F)cc1C(CN)Cc1c(C)n(C)c2ccccc12. The van der Waals surface area contributed by atoms with E-state index >= 15 is 0 Å². The molecule has 2 N–H and O–H groups in total. The third-order valence-electron chi connectivity index (χ3n) is 4.98. The average Bonchev–Trinajstić information content (AvgIpc) is 2.86. The number of rotatable bonds is 6. The Kier molecular flexibility index (Phi) is 5.09. The van der Waals surface area contributed by atoms with Gasteiger partial charge in [0, 0.05) is 35.1 Å². The molecule has 0 saturated heterocycles. The maximum Gasteiger partial charge on any atom is 0.123 e. The van der Waals surface area contributed by atoms with Crippen molar-refractivity contribution in [3.8, 4) is 5.75 Å². The van der Waals surface area contributed by atoms with Gasteiger partial charge in [-0.05, 0) is 56.6 Å². The minimum absolute atomic E-state index is 0.00163. The van der Waals surface area contributed by atoms with E-state index in [0.717, 1.165) is 17.7 Å². The summed E-state index contributed by atoms with van der Waals surface area (Å²) < 4.78 is 21.8. The van der Waals surface area contributed by atoms with Crippen molar-refractivity contribution in [2.24, 2.45) is 12.8 Å². The van der Waals surface area contributed by atoms with Gasteiger partial charge in [-0.1, -0.05) is 18.2 Å². The number of para-hydroxylation sites is 1. The van der Waals surface area contributed by atoms with Crippen LogP contribution in [0.3, 0.4) is 0 Å². The lowest BCUT2D eigenvalue weighted by Gasteiger charge is -2.19. The second-order valence-corrected chi connectivity index (χ2v) is 6.39. The lowest BCUT2D eigenvalue weighted by molar-refractivity contribution is 0.333. The Balaban J connectivity index is 2.05. The zero-order chi connectivity index (χ0) is 18.0. The first-order valence-electron chi connectivity index (χ1n) is 8.72. The number of aromatic nitrogens is 1. The molecule has 2 aromatic carbocycles. The molecule has 0 bridgehead atoms. The van der Waals surface area contributed by atoms with Crippen LogP contribution in [-0.2, 0) is 13.5 Å². The van der Waals surface area contributed by atoms with Crippen molar-refractivity contribution in [2.45, 2.75) is 26.2 Å². The van der Waals surface area contributed by atoms with Crippen molar-refractivity contribution < 1.29 is 9.13 Å². The van der Waals surface area contributed by atoms with Crippen LogP contribution in [0.2, 0.25) is 0 Å². The quantitative estimate of drug-likeness (QED) is 0.726. The number of benzene rings is 2. The number of hydrogen-bond donors (Lipinski definition) is 1. The molecule has 0 saturated carbocycles. The summed E-state index contributed by atoms with van der Waals surface area (Å²) in [5.41, 5.74) is 10.6. The summed E-state index contributed by atoms with van der Waals surface area (Å²) in [6, 6.07) is 13.1. The fourth-order valence-electron chi connectivity index (χ4n) is 3.55. The average molecular weight is 340 g/mol. The van der Waals surface area contributed by atoms with E-state index in [1.54, 1.807) is 12.1 Å². The molecule has 1 unspecified atom stereocenters. The van der Waals surface area contributed by atoms with Gasteiger partial charge in [0.1, 0.15) is 11.6 Å². The first-order chi connectivity index (χ1) is 12.1. The van der Waals surface area contributed by atoms with Crippen molar-refractivity contribution in [3.63, 3.8) is 0 Å². The first kappa shape index (κ1) is 17.5. The third-order valence-corrected chi connectivity index (χ3v) is 4.98. The minimum atomic E-state index is -0.258. The highest BCUT2D eigenvalue weighted by atomic mass is 19.1. The van der Waals surface area contributed by atoms with E-state index in [1.807, 2.05) is 13.0 Å². The van der Waals surface area contributed by atoms with Gasteiger partial charge in [0.2, 0.25) is 0 Å². The number of hydrogen-bond acceptors (Lipinski definition) is 2. The lowest BCUT2D eigenvalue weighted by Crippen LogP contribution is -2.17. The number of nitrogens with two attached hydrogens (primary N) is 1. The zero-order valence-corrected chi connectivity index (χ0v) is 15.1. The first-order valence-corrected chi connectivity index (χ1v) is 8.72. The largest absolute Gasteiger partial charge is 0.494 e. The highest BCUT2D eigenvalue weighted by molar-refractivity contribution is 5.85. The standard InChI is InChI=1S/C21H25FN2O/c1-4-25-21-10-9-16(22)12-19(21)15(13-23)11-18-14(2)24(3)20-8-6-5-7-17(18)20/h5-10,12,15H,4,11,13,23H2,1-3H3. The number of ether oxygens (including phenoxy) is 1.